The molecule has 4 rings (SSSR count). The summed E-state index contributed by atoms with van der Waals surface area (Å²) in [4.78, 5) is 14.4. The van der Waals surface area contributed by atoms with Gasteiger partial charge in [-0.25, -0.2) is 0 Å². The Morgan fingerprint density at radius 1 is 0.875 bits per heavy atom. The van der Waals surface area contributed by atoms with Gasteiger partial charge in [0, 0.05) is 32.0 Å². The highest BCUT2D eigenvalue weighted by Gasteiger charge is 2.40. The van der Waals surface area contributed by atoms with Crippen LogP contribution < -0.4 is 0 Å². The Balaban J connectivity index is 1.69. The van der Waals surface area contributed by atoms with Gasteiger partial charge < -0.3 is 14.4 Å². The highest BCUT2D eigenvalue weighted by Crippen LogP contribution is 2.40. The van der Waals surface area contributed by atoms with E-state index in [0.717, 1.165) is 11.1 Å². The molecule has 0 aliphatic carbocycles. The van der Waals surface area contributed by atoms with Crippen molar-refractivity contribution in [1.82, 2.24) is 4.90 Å². The maximum absolute atomic E-state index is 13.4. The molecule has 0 aromatic heterocycles. The first kappa shape index (κ1) is 29.6. The van der Waals surface area contributed by atoms with E-state index in [-0.39, 0.29) is 42.5 Å². The van der Waals surface area contributed by atoms with Crippen LogP contribution in [0.4, 0.5) is 26.3 Å². The van der Waals surface area contributed by atoms with Crippen molar-refractivity contribution in [2.75, 3.05) is 26.8 Å². The summed E-state index contributed by atoms with van der Waals surface area (Å²) in [6, 6.07) is 20.6. The number of hydrogen-bond acceptors (Lipinski definition) is 3. The summed E-state index contributed by atoms with van der Waals surface area (Å²) in [5.74, 6) is -0.802. The number of ether oxygens (including phenoxy) is 2. The summed E-state index contributed by atoms with van der Waals surface area (Å²) in [6.07, 6.45) is -10.1. The molecule has 40 heavy (non-hydrogen) atoms. The molecule has 0 radical (unpaired) electrons. The number of hydrogen-bond donors (Lipinski definition) is 0. The molecule has 0 saturated carbocycles. The molecule has 10 heteroatoms. The second-order valence-electron chi connectivity index (χ2n) is 9.79. The Morgan fingerprint density at radius 2 is 1.40 bits per heavy atom. The summed E-state index contributed by atoms with van der Waals surface area (Å²) >= 11 is 0. The molecule has 0 spiro atoms. The van der Waals surface area contributed by atoms with Gasteiger partial charge in [0.1, 0.15) is 6.61 Å². The van der Waals surface area contributed by atoms with Crippen molar-refractivity contribution in [2.45, 2.75) is 37.4 Å². The van der Waals surface area contributed by atoms with E-state index in [0.29, 0.717) is 25.1 Å². The average Bonchev–Trinajstić information content (AvgIpc) is 2.92. The SMILES string of the molecule is COCC(=O)N1CC[C@H](OCc2cc(C(F)(F)F)cc(C(F)(F)F)c2)[C@H](C(c2ccccc2)c2ccccc2)C1. The summed E-state index contributed by atoms with van der Waals surface area (Å²) < 4.78 is 91.5. The topological polar surface area (TPSA) is 38.8 Å². The molecule has 214 valence electrons. The molecule has 0 unspecified atom stereocenters. The molecule has 0 bridgehead atoms. The Kier molecular flexibility index (Phi) is 9.20. The van der Waals surface area contributed by atoms with Crippen molar-refractivity contribution in [3.63, 3.8) is 0 Å². The lowest BCUT2D eigenvalue weighted by atomic mass is 9.75. The van der Waals surface area contributed by atoms with Crippen molar-refractivity contribution in [1.29, 1.82) is 0 Å². The Morgan fingerprint density at radius 3 is 1.88 bits per heavy atom. The van der Waals surface area contributed by atoms with Crippen LogP contribution in [0.15, 0.2) is 78.9 Å². The standard InChI is InChI=1S/C30H29F6NO3/c1-39-19-27(38)37-13-12-26(40-18-20-14-23(29(31,32)33)16-24(15-20)30(34,35)36)25(17-37)28(21-8-4-2-5-9-21)22-10-6-3-7-11-22/h2-11,14-16,25-26,28H,12-13,17-19H2,1H3/t25-,26+/m1/s1. The number of likely N-dealkylation sites (tertiary alicyclic amines) is 1. The molecule has 2 atom stereocenters. The highest BCUT2D eigenvalue weighted by molar-refractivity contribution is 5.77. The number of carbonyl (C=O) groups is 1. The molecule has 3 aromatic carbocycles. The van der Waals surface area contributed by atoms with Crippen molar-refractivity contribution >= 4 is 5.91 Å². The van der Waals surface area contributed by atoms with Gasteiger partial charge in [-0.15, -0.1) is 0 Å². The second-order valence-corrected chi connectivity index (χ2v) is 9.79. The van der Waals surface area contributed by atoms with E-state index in [1.54, 1.807) is 4.90 Å². The van der Waals surface area contributed by atoms with Crippen molar-refractivity contribution < 1.29 is 40.6 Å². The van der Waals surface area contributed by atoms with E-state index >= 15 is 0 Å². The fourth-order valence-corrected chi connectivity index (χ4v) is 5.24. The van der Waals surface area contributed by atoms with Gasteiger partial charge in [0.05, 0.1) is 23.8 Å². The monoisotopic (exact) mass is 565 g/mol. The molecular formula is C30H29F6NO3. The Hall–Kier alpha value is -3.37. The van der Waals surface area contributed by atoms with Crippen LogP contribution in [0.25, 0.3) is 0 Å². The number of piperidine rings is 1. The van der Waals surface area contributed by atoms with E-state index in [9.17, 15) is 31.1 Å². The first-order chi connectivity index (χ1) is 19.0. The van der Waals surface area contributed by atoms with Gasteiger partial charge in [0.15, 0.2) is 0 Å². The lowest BCUT2D eigenvalue weighted by molar-refractivity contribution is -0.143. The van der Waals surface area contributed by atoms with Crippen LogP contribution in [0.1, 0.15) is 40.2 Å². The van der Waals surface area contributed by atoms with Gasteiger partial charge in [-0.3, -0.25) is 4.79 Å². The lowest BCUT2D eigenvalue weighted by Crippen LogP contribution is -2.49. The second kappa shape index (κ2) is 12.4. The van der Waals surface area contributed by atoms with E-state index in [4.69, 9.17) is 9.47 Å². The highest BCUT2D eigenvalue weighted by atomic mass is 19.4. The number of rotatable bonds is 8. The first-order valence-corrected chi connectivity index (χ1v) is 12.7. The van der Waals surface area contributed by atoms with Crippen molar-refractivity contribution in [3.05, 3.63) is 107 Å². The van der Waals surface area contributed by atoms with Crippen LogP contribution in [-0.2, 0) is 33.2 Å². The van der Waals surface area contributed by atoms with E-state index in [1.165, 1.54) is 7.11 Å². The fraction of sp³-hybridized carbons (Fsp3) is 0.367. The van der Waals surface area contributed by atoms with Gasteiger partial charge in [-0.2, -0.15) is 26.3 Å². The Labute approximate surface area is 228 Å². The Bertz CT molecular complexity index is 1190. The van der Waals surface area contributed by atoms with Gasteiger partial charge >= 0.3 is 12.4 Å². The van der Waals surface area contributed by atoms with Gasteiger partial charge in [-0.1, -0.05) is 60.7 Å². The summed E-state index contributed by atoms with van der Waals surface area (Å²) in [6.45, 7) is 0.0360. The summed E-state index contributed by atoms with van der Waals surface area (Å²) in [7, 11) is 1.42. The minimum Gasteiger partial charge on any atom is -0.375 e. The molecule has 1 aliphatic rings. The molecule has 1 aliphatic heterocycles. The zero-order chi connectivity index (χ0) is 28.9. The van der Waals surface area contributed by atoms with Gasteiger partial charge in [0.25, 0.3) is 0 Å². The molecule has 1 fully saturated rings. The molecule has 1 amide bonds. The third kappa shape index (κ3) is 7.22. The minimum absolute atomic E-state index is 0.104. The van der Waals surface area contributed by atoms with Crippen LogP contribution in [-0.4, -0.2) is 43.7 Å². The molecule has 1 saturated heterocycles. The fourth-order valence-electron chi connectivity index (χ4n) is 5.24. The van der Waals surface area contributed by atoms with Crippen LogP contribution in [0.2, 0.25) is 0 Å². The third-order valence-corrected chi connectivity index (χ3v) is 7.07. The molecule has 3 aromatic rings. The summed E-state index contributed by atoms with van der Waals surface area (Å²) in [5, 5.41) is 0. The smallest absolute Gasteiger partial charge is 0.375 e. The number of carbonyl (C=O) groups excluding carboxylic acids is 1. The number of halogens is 6. The number of benzene rings is 3. The minimum atomic E-state index is -4.95. The maximum atomic E-state index is 13.4. The molecular weight excluding hydrogens is 536 g/mol. The number of amides is 1. The van der Waals surface area contributed by atoms with Crippen LogP contribution in [0.3, 0.4) is 0 Å². The van der Waals surface area contributed by atoms with Crippen molar-refractivity contribution in [2.24, 2.45) is 5.92 Å². The third-order valence-electron chi connectivity index (χ3n) is 7.07. The number of alkyl halides is 6. The normalized spacial score (nSPS) is 18.2. The average molecular weight is 566 g/mol. The molecule has 1 heterocycles. The van der Waals surface area contributed by atoms with Gasteiger partial charge in [0.2, 0.25) is 5.91 Å². The largest absolute Gasteiger partial charge is 0.416 e. The summed E-state index contributed by atoms with van der Waals surface area (Å²) in [5.41, 5.74) is -1.10. The predicted molar refractivity (Wildman–Crippen MR) is 136 cm³/mol. The van der Waals surface area contributed by atoms with Crippen molar-refractivity contribution in [3.8, 4) is 0 Å². The molecule has 4 nitrogen and oxygen atoms in total. The van der Waals surface area contributed by atoms with Crippen LogP contribution in [0, 0.1) is 5.92 Å². The lowest BCUT2D eigenvalue weighted by Gasteiger charge is -2.42. The van der Waals surface area contributed by atoms with Crippen LogP contribution in [0.5, 0.6) is 0 Å². The van der Waals surface area contributed by atoms with E-state index in [2.05, 4.69) is 0 Å². The quantitative estimate of drug-likeness (QED) is 0.278. The predicted octanol–water partition coefficient (Wildman–Crippen LogP) is 6.94. The zero-order valence-electron chi connectivity index (χ0n) is 21.7. The first-order valence-electron chi connectivity index (χ1n) is 12.7. The van der Waals surface area contributed by atoms with E-state index in [1.807, 2.05) is 60.7 Å². The molecule has 0 N–H and O–H groups in total. The maximum Gasteiger partial charge on any atom is 0.416 e. The van der Waals surface area contributed by atoms with Crippen LogP contribution >= 0.6 is 0 Å². The zero-order valence-corrected chi connectivity index (χ0v) is 21.7. The number of methoxy groups -OCH3 is 1. The van der Waals surface area contributed by atoms with E-state index < -0.39 is 36.2 Å². The van der Waals surface area contributed by atoms with Gasteiger partial charge in [-0.05, 0) is 41.3 Å². The number of nitrogens with zero attached hydrogens (tertiary/aromatic N) is 1.